The number of hydrogen-bond acceptors (Lipinski definition) is 3. The second kappa shape index (κ2) is 13.8. The number of nitrogens with two attached hydrogens (primary N) is 1. The van der Waals surface area contributed by atoms with Gasteiger partial charge in [0.15, 0.2) is 0 Å². The predicted molar refractivity (Wildman–Crippen MR) is 95.8 cm³/mol. The molecule has 0 heterocycles. The second-order valence-electron chi connectivity index (χ2n) is 6.32. The van der Waals surface area contributed by atoms with Crippen molar-refractivity contribution in [3.05, 3.63) is 0 Å². The van der Waals surface area contributed by atoms with E-state index in [4.69, 9.17) is 5.14 Å². The largest absolute Gasteiger partial charge is 0.327 e. The molecule has 0 saturated heterocycles. The van der Waals surface area contributed by atoms with Crippen molar-refractivity contribution in [2.24, 2.45) is 5.14 Å². The monoisotopic (exact) mass is 347 g/mol. The summed E-state index contributed by atoms with van der Waals surface area (Å²) in [5.41, 5.74) is 0. The lowest BCUT2D eigenvalue weighted by atomic mass is 10.0. The number of unbranched alkanes of at least 4 members (excludes halogenated alkanes) is 10. The smallest absolute Gasteiger partial charge is 0.262 e. The van der Waals surface area contributed by atoms with Gasteiger partial charge in [-0.1, -0.05) is 84.5 Å². The highest BCUT2D eigenvalue weighted by Gasteiger charge is 2.24. The molecule has 0 bridgehead atoms. The molecule has 0 rings (SSSR count). The van der Waals surface area contributed by atoms with Gasteiger partial charge in [-0.25, -0.2) is 9.44 Å². The van der Waals surface area contributed by atoms with E-state index in [0.29, 0.717) is 17.1 Å². The molecule has 0 aliphatic rings. The van der Waals surface area contributed by atoms with Crippen LogP contribution in [0.25, 0.3) is 0 Å². The lowest BCUT2D eigenvalue weighted by molar-refractivity contribution is 0.360. The first kappa shape index (κ1) is 22.4. The van der Waals surface area contributed by atoms with Gasteiger partial charge in [0.2, 0.25) is 0 Å². The Morgan fingerprint density at radius 3 is 1.65 bits per heavy atom. The van der Waals surface area contributed by atoms with Gasteiger partial charge in [0.25, 0.3) is 0 Å². The Labute approximate surface area is 143 Å². The number of amides is 1. The summed E-state index contributed by atoms with van der Waals surface area (Å²) in [6.45, 7) is 4.09. The molecule has 23 heavy (non-hydrogen) atoms. The van der Waals surface area contributed by atoms with Crippen molar-refractivity contribution in [2.75, 3.05) is 0 Å². The molecule has 6 heteroatoms. The van der Waals surface area contributed by atoms with E-state index in [0.717, 1.165) is 12.8 Å². The molecule has 2 N–H and O–H groups in total. The van der Waals surface area contributed by atoms with Crippen LogP contribution in [0.3, 0.4) is 0 Å². The van der Waals surface area contributed by atoms with E-state index in [1.54, 1.807) is 0 Å². The first-order chi connectivity index (χ1) is 11.0. The molecular weight excluding hydrogens is 312 g/mol. The number of rotatable bonds is 16. The van der Waals surface area contributed by atoms with Crippen LogP contribution in [0.2, 0.25) is 0 Å². The molecule has 1 amide bonds. The summed E-state index contributed by atoms with van der Waals surface area (Å²) >= 11 is 0. The average molecular weight is 348 g/mol. The van der Waals surface area contributed by atoms with E-state index in [9.17, 15) is 13.2 Å². The maximum absolute atomic E-state index is 11.3. The molecule has 1 unspecified atom stereocenters. The fraction of sp³-hybridized carbons (Fsp3) is 0.941. The summed E-state index contributed by atoms with van der Waals surface area (Å²) in [4.78, 5) is 10.8. The molecule has 0 aromatic rings. The minimum Gasteiger partial charge on any atom is -0.262 e. The van der Waals surface area contributed by atoms with Gasteiger partial charge in [0.05, 0.1) is 0 Å². The van der Waals surface area contributed by atoms with Crippen LogP contribution in [-0.2, 0) is 15.0 Å². The van der Waals surface area contributed by atoms with Gasteiger partial charge >= 0.3 is 16.6 Å². The summed E-state index contributed by atoms with van der Waals surface area (Å²) in [7, 11) is -3.98. The average Bonchev–Trinajstić information content (AvgIpc) is 2.50. The second-order valence-corrected chi connectivity index (χ2v) is 7.74. The quantitative estimate of drug-likeness (QED) is 0.338. The molecule has 0 aliphatic heterocycles. The molecule has 0 aromatic carbocycles. The van der Waals surface area contributed by atoms with Crippen molar-refractivity contribution in [3.8, 4) is 0 Å². The normalized spacial score (nSPS) is 13.0. The van der Waals surface area contributed by atoms with Crippen molar-refractivity contribution in [3.63, 3.8) is 0 Å². The van der Waals surface area contributed by atoms with Crippen LogP contribution in [0.4, 0.5) is 0 Å². The zero-order valence-electron chi connectivity index (χ0n) is 14.9. The first-order valence-corrected chi connectivity index (χ1v) is 10.7. The Kier molecular flexibility index (Phi) is 13.4. The fourth-order valence-electron chi connectivity index (χ4n) is 2.87. The van der Waals surface area contributed by atoms with Gasteiger partial charge in [0, 0.05) is 6.04 Å². The van der Waals surface area contributed by atoms with Gasteiger partial charge < -0.3 is 0 Å². The SMILES string of the molecule is CCCCCCCCCCCCCC(CC)N([C]=O)S(N)(=O)=O. The van der Waals surface area contributed by atoms with Crippen LogP contribution >= 0.6 is 0 Å². The Balaban J connectivity index is 3.67. The van der Waals surface area contributed by atoms with Crippen molar-refractivity contribution in [1.29, 1.82) is 0 Å². The van der Waals surface area contributed by atoms with E-state index >= 15 is 0 Å². The molecule has 0 saturated carbocycles. The number of carbonyl (C=O) groups excluding carboxylic acids is 1. The van der Waals surface area contributed by atoms with Crippen molar-refractivity contribution in [2.45, 2.75) is 103 Å². The Morgan fingerprint density at radius 2 is 1.30 bits per heavy atom. The van der Waals surface area contributed by atoms with Crippen molar-refractivity contribution in [1.82, 2.24) is 4.31 Å². The van der Waals surface area contributed by atoms with Gasteiger partial charge in [0.1, 0.15) is 0 Å². The standard InChI is InChI=1S/C17H35N2O3S/c1-3-5-6-7-8-9-10-11-12-13-14-15-17(4-2)19(16-20)23(18,21)22/h17H,3-15H2,1-2H3,(H2,18,21,22). The number of hydrogen-bond donors (Lipinski definition) is 1. The molecule has 0 fully saturated rings. The van der Waals surface area contributed by atoms with E-state index < -0.39 is 10.2 Å². The van der Waals surface area contributed by atoms with Crippen molar-refractivity contribution >= 4 is 16.6 Å². The van der Waals surface area contributed by atoms with Gasteiger partial charge in [-0.15, -0.1) is 0 Å². The Hall–Kier alpha value is -0.620. The topological polar surface area (TPSA) is 80.5 Å². The lowest BCUT2D eigenvalue weighted by Crippen LogP contribution is -2.42. The summed E-state index contributed by atoms with van der Waals surface area (Å²) in [5, 5.41) is 5.03. The zero-order valence-corrected chi connectivity index (χ0v) is 15.7. The Morgan fingerprint density at radius 1 is 0.870 bits per heavy atom. The lowest BCUT2D eigenvalue weighted by Gasteiger charge is -2.23. The third-order valence-electron chi connectivity index (χ3n) is 4.31. The van der Waals surface area contributed by atoms with Crippen LogP contribution in [0.15, 0.2) is 0 Å². The maximum atomic E-state index is 11.3. The van der Waals surface area contributed by atoms with Crippen LogP contribution in [0.1, 0.15) is 97.3 Å². The first-order valence-electron chi connectivity index (χ1n) is 9.17. The Bertz CT molecular complexity index is 385. The maximum Gasteiger partial charge on any atom is 0.327 e. The summed E-state index contributed by atoms with van der Waals surface area (Å²) < 4.78 is 23.3. The van der Waals surface area contributed by atoms with Gasteiger partial charge in [-0.05, 0) is 12.8 Å². The molecule has 137 valence electrons. The van der Waals surface area contributed by atoms with Gasteiger partial charge in [-0.3, -0.25) is 4.79 Å². The van der Waals surface area contributed by atoms with E-state index in [-0.39, 0.29) is 6.04 Å². The summed E-state index contributed by atoms with van der Waals surface area (Å²) in [6.07, 6.45) is 16.4. The van der Waals surface area contributed by atoms with E-state index in [1.807, 2.05) is 6.92 Å². The fourth-order valence-corrected chi connectivity index (χ4v) is 3.64. The molecule has 5 nitrogen and oxygen atoms in total. The molecule has 0 aliphatic carbocycles. The molecule has 0 aromatic heterocycles. The highest BCUT2D eigenvalue weighted by Crippen LogP contribution is 2.16. The highest BCUT2D eigenvalue weighted by molar-refractivity contribution is 7.87. The third-order valence-corrected chi connectivity index (χ3v) is 5.23. The zero-order chi connectivity index (χ0) is 17.6. The van der Waals surface area contributed by atoms with Crippen LogP contribution in [0.5, 0.6) is 0 Å². The molecule has 1 radical (unpaired) electrons. The minimum absolute atomic E-state index is 0.360. The molecular formula is C17H35N2O3S. The van der Waals surface area contributed by atoms with Crippen molar-refractivity contribution < 1.29 is 13.2 Å². The van der Waals surface area contributed by atoms with E-state index in [2.05, 4.69) is 6.92 Å². The van der Waals surface area contributed by atoms with E-state index in [1.165, 1.54) is 64.2 Å². The molecule has 1 atom stereocenters. The predicted octanol–water partition coefficient (Wildman–Crippen LogP) is 4.04. The summed E-state index contributed by atoms with van der Waals surface area (Å²) in [6, 6.07) is -0.360. The van der Waals surface area contributed by atoms with Gasteiger partial charge in [-0.2, -0.15) is 8.42 Å². The number of nitrogens with zero attached hydrogens (tertiary/aromatic N) is 1. The molecule has 0 spiro atoms. The highest BCUT2D eigenvalue weighted by atomic mass is 32.2. The van der Waals surface area contributed by atoms with Crippen LogP contribution in [0, 0.1) is 0 Å². The summed E-state index contributed by atoms with van der Waals surface area (Å²) in [5.74, 6) is 0. The minimum atomic E-state index is -3.98. The van der Waals surface area contributed by atoms with Crippen LogP contribution in [-0.4, -0.2) is 25.2 Å². The van der Waals surface area contributed by atoms with Crippen LogP contribution < -0.4 is 5.14 Å². The third kappa shape index (κ3) is 11.5.